The van der Waals surface area contributed by atoms with Crippen molar-refractivity contribution in [2.45, 2.75) is 32.9 Å². The largest absolute Gasteiger partial charge is 0.460 e. The molecule has 0 saturated carbocycles. The summed E-state index contributed by atoms with van der Waals surface area (Å²) >= 11 is 0. The summed E-state index contributed by atoms with van der Waals surface area (Å²) in [6, 6.07) is 10.8. The van der Waals surface area contributed by atoms with Crippen molar-refractivity contribution in [2.24, 2.45) is 5.92 Å². The summed E-state index contributed by atoms with van der Waals surface area (Å²) in [5.41, 5.74) is 0.970. The van der Waals surface area contributed by atoms with Crippen molar-refractivity contribution in [3.63, 3.8) is 0 Å². The second-order valence-electron chi connectivity index (χ2n) is 6.22. The van der Waals surface area contributed by atoms with Crippen LogP contribution in [0.2, 0.25) is 0 Å². The van der Waals surface area contributed by atoms with Crippen molar-refractivity contribution < 1.29 is 4.42 Å². The monoisotopic (exact) mass is 274 g/mol. The third-order valence-corrected chi connectivity index (χ3v) is 3.38. The van der Waals surface area contributed by atoms with Gasteiger partial charge in [-0.2, -0.15) is 0 Å². The Morgan fingerprint density at radius 1 is 1.20 bits per heavy atom. The maximum Gasteiger partial charge on any atom is 0.134 e. The van der Waals surface area contributed by atoms with Gasteiger partial charge in [0, 0.05) is 18.0 Å². The van der Waals surface area contributed by atoms with Crippen LogP contribution in [0.25, 0.3) is 11.0 Å². The number of para-hydroxylation sites is 1. The number of likely N-dealkylation sites (N-methyl/N-ethyl adjacent to an activating group) is 1. The molecular weight excluding hydrogens is 248 g/mol. The number of hydrogen-bond donors (Lipinski definition) is 1. The minimum atomic E-state index is 0.498. The van der Waals surface area contributed by atoms with Crippen LogP contribution in [0.1, 0.15) is 26.0 Å². The normalized spacial score (nSPS) is 13.5. The van der Waals surface area contributed by atoms with Crippen LogP contribution < -0.4 is 5.32 Å². The quantitative estimate of drug-likeness (QED) is 0.837. The third kappa shape index (κ3) is 4.36. The van der Waals surface area contributed by atoms with Gasteiger partial charge in [0.2, 0.25) is 0 Å². The van der Waals surface area contributed by atoms with Gasteiger partial charge < -0.3 is 14.6 Å². The van der Waals surface area contributed by atoms with Gasteiger partial charge in [-0.1, -0.05) is 32.0 Å². The van der Waals surface area contributed by atoms with E-state index in [4.69, 9.17) is 4.42 Å². The number of nitrogens with zero attached hydrogens (tertiary/aromatic N) is 1. The molecule has 20 heavy (non-hydrogen) atoms. The highest BCUT2D eigenvalue weighted by Gasteiger charge is 2.12. The summed E-state index contributed by atoms with van der Waals surface area (Å²) in [7, 11) is 4.24. The Balaban J connectivity index is 1.97. The SMILES string of the molecule is CC(C)C[C@@H](CN(C)C)NCc1cc2ccccc2o1. The maximum atomic E-state index is 5.85. The number of furan rings is 1. The van der Waals surface area contributed by atoms with Crippen LogP contribution in [0.15, 0.2) is 34.7 Å². The van der Waals surface area contributed by atoms with Crippen LogP contribution in [-0.2, 0) is 6.54 Å². The molecule has 0 bridgehead atoms. The Morgan fingerprint density at radius 3 is 2.60 bits per heavy atom. The van der Waals surface area contributed by atoms with Gasteiger partial charge in [0.25, 0.3) is 0 Å². The van der Waals surface area contributed by atoms with Crippen molar-refractivity contribution in [1.29, 1.82) is 0 Å². The fourth-order valence-corrected chi connectivity index (χ4v) is 2.60. The van der Waals surface area contributed by atoms with Gasteiger partial charge >= 0.3 is 0 Å². The second kappa shape index (κ2) is 6.91. The van der Waals surface area contributed by atoms with E-state index in [1.54, 1.807) is 0 Å². The van der Waals surface area contributed by atoms with E-state index in [1.807, 2.05) is 18.2 Å². The summed E-state index contributed by atoms with van der Waals surface area (Å²) in [4.78, 5) is 2.23. The summed E-state index contributed by atoms with van der Waals surface area (Å²) in [5.74, 6) is 1.71. The first kappa shape index (κ1) is 15.1. The third-order valence-electron chi connectivity index (χ3n) is 3.38. The van der Waals surface area contributed by atoms with Crippen LogP contribution in [0.5, 0.6) is 0 Å². The molecule has 0 spiro atoms. The first-order chi connectivity index (χ1) is 9.54. The van der Waals surface area contributed by atoms with Crippen LogP contribution in [-0.4, -0.2) is 31.6 Å². The van der Waals surface area contributed by atoms with Crippen molar-refractivity contribution in [2.75, 3.05) is 20.6 Å². The van der Waals surface area contributed by atoms with Crippen LogP contribution in [0.3, 0.4) is 0 Å². The van der Waals surface area contributed by atoms with E-state index in [-0.39, 0.29) is 0 Å². The summed E-state index contributed by atoms with van der Waals surface area (Å²) in [5, 5.41) is 4.80. The zero-order valence-electron chi connectivity index (χ0n) is 13.0. The van der Waals surface area contributed by atoms with E-state index in [1.165, 1.54) is 11.8 Å². The standard InChI is InChI=1S/C17H26N2O/c1-13(2)9-15(12-19(3)4)18-11-16-10-14-7-5-6-8-17(14)20-16/h5-8,10,13,15,18H,9,11-12H2,1-4H3/t15-/m0/s1. The van der Waals surface area contributed by atoms with E-state index in [2.05, 4.69) is 50.3 Å². The molecule has 0 aliphatic heterocycles. The minimum absolute atomic E-state index is 0.498. The molecule has 1 aromatic heterocycles. The first-order valence-electron chi connectivity index (χ1n) is 7.40. The molecular formula is C17H26N2O. The second-order valence-corrected chi connectivity index (χ2v) is 6.22. The Hall–Kier alpha value is -1.32. The molecule has 2 aromatic rings. The lowest BCUT2D eigenvalue weighted by atomic mass is 10.0. The van der Waals surface area contributed by atoms with E-state index < -0.39 is 0 Å². The lowest BCUT2D eigenvalue weighted by molar-refractivity contribution is 0.299. The van der Waals surface area contributed by atoms with Crippen molar-refractivity contribution in [3.05, 3.63) is 36.1 Å². The predicted molar refractivity (Wildman–Crippen MR) is 84.9 cm³/mol. The molecule has 1 aromatic carbocycles. The molecule has 0 radical (unpaired) electrons. The summed E-state index contributed by atoms with van der Waals surface area (Å²) in [6.07, 6.45) is 1.18. The number of hydrogen-bond acceptors (Lipinski definition) is 3. The van der Waals surface area contributed by atoms with E-state index >= 15 is 0 Å². The Labute approximate surface area is 122 Å². The highest BCUT2D eigenvalue weighted by atomic mass is 16.3. The number of nitrogens with one attached hydrogen (secondary N) is 1. The first-order valence-corrected chi connectivity index (χ1v) is 7.40. The number of benzene rings is 1. The van der Waals surface area contributed by atoms with Crippen LogP contribution in [0, 0.1) is 5.92 Å². The summed E-state index contributed by atoms with van der Waals surface area (Å²) < 4.78 is 5.85. The van der Waals surface area contributed by atoms with Crippen molar-refractivity contribution in [1.82, 2.24) is 10.2 Å². The van der Waals surface area contributed by atoms with Crippen LogP contribution >= 0.6 is 0 Å². The molecule has 0 aliphatic rings. The topological polar surface area (TPSA) is 28.4 Å². The fraction of sp³-hybridized carbons (Fsp3) is 0.529. The van der Waals surface area contributed by atoms with Gasteiger partial charge in [-0.3, -0.25) is 0 Å². The highest BCUT2D eigenvalue weighted by Crippen LogP contribution is 2.19. The molecule has 0 fully saturated rings. The number of rotatable bonds is 7. The molecule has 2 rings (SSSR count). The van der Waals surface area contributed by atoms with E-state index in [0.717, 1.165) is 24.4 Å². The molecule has 1 atom stereocenters. The lowest BCUT2D eigenvalue weighted by Gasteiger charge is -2.23. The Bertz CT molecular complexity index is 488. The molecule has 0 unspecified atom stereocenters. The Kier molecular flexibility index (Phi) is 5.21. The fourth-order valence-electron chi connectivity index (χ4n) is 2.60. The van der Waals surface area contributed by atoms with Crippen LogP contribution in [0.4, 0.5) is 0 Å². The molecule has 0 aliphatic carbocycles. The average molecular weight is 274 g/mol. The molecule has 110 valence electrons. The van der Waals surface area contributed by atoms with Gasteiger partial charge in [0.05, 0.1) is 6.54 Å². The van der Waals surface area contributed by atoms with Gasteiger partial charge in [0.15, 0.2) is 0 Å². The molecule has 3 heteroatoms. The van der Waals surface area contributed by atoms with Gasteiger partial charge in [-0.25, -0.2) is 0 Å². The zero-order valence-corrected chi connectivity index (χ0v) is 13.0. The lowest BCUT2D eigenvalue weighted by Crippen LogP contribution is -2.38. The van der Waals surface area contributed by atoms with E-state index in [9.17, 15) is 0 Å². The zero-order chi connectivity index (χ0) is 14.5. The molecule has 0 amide bonds. The van der Waals surface area contributed by atoms with Gasteiger partial charge in [0.1, 0.15) is 11.3 Å². The minimum Gasteiger partial charge on any atom is -0.460 e. The van der Waals surface area contributed by atoms with Crippen molar-refractivity contribution in [3.8, 4) is 0 Å². The maximum absolute atomic E-state index is 5.85. The Morgan fingerprint density at radius 2 is 1.95 bits per heavy atom. The average Bonchev–Trinajstić information content (AvgIpc) is 2.77. The highest BCUT2D eigenvalue weighted by molar-refractivity contribution is 5.77. The molecule has 1 heterocycles. The van der Waals surface area contributed by atoms with E-state index in [0.29, 0.717) is 12.0 Å². The smallest absolute Gasteiger partial charge is 0.134 e. The molecule has 0 saturated heterocycles. The summed E-state index contributed by atoms with van der Waals surface area (Å²) in [6.45, 7) is 6.38. The predicted octanol–water partition coefficient (Wildman–Crippen LogP) is 3.50. The van der Waals surface area contributed by atoms with Gasteiger partial charge in [-0.15, -0.1) is 0 Å². The molecule has 3 nitrogen and oxygen atoms in total. The molecule has 1 N–H and O–H groups in total. The van der Waals surface area contributed by atoms with Gasteiger partial charge in [-0.05, 0) is 38.6 Å². The van der Waals surface area contributed by atoms with Crippen molar-refractivity contribution >= 4 is 11.0 Å². The number of fused-ring (bicyclic) bond motifs is 1.